The van der Waals surface area contributed by atoms with Crippen molar-refractivity contribution in [3.63, 3.8) is 0 Å². The summed E-state index contributed by atoms with van der Waals surface area (Å²) in [7, 11) is 0. The maximum absolute atomic E-state index is 13.3. The van der Waals surface area contributed by atoms with Crippen LogP contribution in [0.1, 0.15) is 0 Å². The number of pyridine rings is 1. The summed E-state index contributed by atoms with van der Waals surface area (Å²) in [6.45, 7) is 0. The molecule has 3 rings (SSSR count). The van der Waals surface area contributed by atoms with Crippen LogP contribution in [0.5, 0.6) is 11.5 Å². The predicted octanol–water partition coefficient (Wildman–Crippen LogP) is 5.47. The van der Waals surface area contributed by atoms with Crippen LogP contribution in [0.15, 0.2) is 48.8 Å². The molecule has 5 heteroatoms. The fraction of sp³-hybridized carbons (Fsp3) is 0. The summed E-state index contributed by atoms with van der Waals surface area (Å²) in [5.41, 5.74) is 0. The number of hydrogen-bond acceptors (Lipinski definition) is 2. The molecule has 0 spiro atoms. The third-order valence-corrected chi connectivity index (χ3v) is 3.69. The van der Waals surface area contributed by atoms with Gasteiger partial charge in [-0.25, -0.2) is 4.39 Å². The summed E-state index contributed by atoms with van der Waals surface area (Å²) in [6, 6.07) is 10.3. The van der Waals surface area contributed by atoms with Crippen molar-refractivity contribution in [2.75, 3.05) is 0 Å². The van der Waals surface area contributed by atoms with Crippen molar-refractivity contribution in [1.82, 2.24) is 4.98 Å². The van der Waals surface area contributed by atoms with E-state index >= 15 is 0 Å². The first kappa shape index (κ1) is 13.2. The van der Waals surface area contributed by atoms with E-state index in [4.69, 9.17) is 27.9 Å². The highest BCUT2D eigenvalue weighted by atomic mass is 35.5. The van der Waals surface area contributed by atoms with Crippen LogP contribution < -0.4 is 4.74 Å². The van der Waals surface area contributed by atoms with Crippen LogP contribution in [0, 0.1) is 5.82 Å². The van der Waals surface area contributed by atoms with Crippen molar-refractivity contribution in [2.45, 2.75) is 0 Å². The highest BCUT2D eigenvalue weighted by Crippen LogP contribution is 2.37. The number of halogens is 3. The zero-order chi connectivity index (χ0) is 14.1. The smallest absolute Gasteiger partial charge is 0.153 e. The van der Waals surface area contributed by atoms with E-state index in [1.807, 2.05) is 24.3 Å². The van der Waals surface area contributed by atoms with Gasteiger partial charge in [-0.15, -0.1) is 0 Å². The number of aromatic nitrogens is 1. The molecule has 1 aromatic heterocycles. The number of hydrogen-bond donors (Lipinski definition) is 0. The fourth-order valence-corrected chi connectivity index (χ4v) is 2.22. The highest BCUT2D eigenvalue weighted by molar-refractivity contribution is 6.43. The van der Waals surface area contributed by atoms with Crippen LogP contribution >= 0.6 is 23.2 Å². The number of nitrogens with zero attached hydrogens (tertiary/aromatic N) is 1. The van der Waals surface area contributed by atoms with Crippen molar-refractivity contribution in [1.29, 1.82) is 0 Å². The minimum Gasteiger partial charge on any atom is -0.453 e. The first-order chi connectivity index (χ1) is 9.66. The van der Waals surface area contributed by atoms with E-state index in [0.717, 1.165) is 10.8 Å². The molecule has 1 heterocycles. The molecule has 20 heavy (non-hydrogen) atoms. The van der Waals surface area contributed by atoms with Gasteiger partial charge in [0, 0.05) is 17.0 Å². The second kappa shape index (κ2) is 5.27. The largest absolute Gasteiger partial charge is 0.453 e. The average molecular weight is 308 g/mol. The lowest BCUT2D eigenvalue weighted by molar-refractivity contribution is 0.484. The van der Waals surface area contributed by atoms with Gasteiger partial charge < -0.3 is 4.74 Å². The van der Waals surface area contributed by atoms with E-state index in [0.29, 0.717) is 5.75 Å². The summed E-state index contributed by atoms with van der Waals surface area (Å²) in [4.78, 5) is 4.10. The van der Waals surface area contributed by atoms with Crippen LogP contribution in [0.3, 0.4) is 0 Å². The molecule has 2 nitrogen and oxygen atoms in total. The lowest BCUT2D eigenvalue weighted by Crippen LogP contribution is -1.90. The minimum absolute atomic E-state index is 0.0413. The van der Waals surface area contributed by atoms with E-state index in [9.17, 15) is 4.39 Å². The molecule has 0 N–H and O–H groups in total. The van der Waals surface area contributed by atoms with Gasteiger partial charge in [-0.05, 0) is 12.1 Å². The van der Waals surface area contributed by atoms with E-state index in [1.54, 1.807) is 12.4 Å². The number of rotatable bonds is 2. The van der Waals surface area contributed by atoms with Crippen LogP contribution in [-0.2, 0) is 0 Å². The molecule has 0 fully saturated rings. The molecular weight excluding hydrogens is 300 g/mol. The lowest BCUT2D eigenvalue weighted by Gasteiger charge is -2.10. The third kappa shape index (κ3) is 2.30. The van der Waals surface area contributed by atoms with E-state index in [-0.39, 0.29) is 15.8 Å². The Labute approximate surface area is 124 Å². The zero-order valence-corrected chi connectivity index (χ0v) is 11.6. The second-order valence-corrected chi connectivity index (χ2v) is 4.89. The molecule has 0 bridgehead atoms. The molecule has 2 aromatic carbocycles. The van der Waals surface area contributed by atoms with Gasteiger partial charge in [-0.1, -0.05) is 47.5 Å². The molecule has 3 aromatic rings. The van der Waals surface area contributed by atoms with Crippen LogP contribution in [-0.4, -0.2) is 4.98 Å². The van der Waals surface area contributed by atoms with Gasteiger partial charge in [0.1, 0.15) is 16.6 Å². The molecule has 0 unspecified atom stereocenters. The maximum Gasteiger partial charge on any atom is 0.153 e. The summed E-state index contributed by atoms with van der Waals surface area (Å²) in [5.74, 6) is 0.240. The lowest BCUT2D eigenvalue weighted by atomic mass is 10.2. The Morgan fingerprint density at radius 1 is 0.900 bits per heavy atom. The third-order valence-electron chi connectivity index (χ3n) is 2.85. The minimum atomic E-state index is -0.583. The van der Waals surface area contributed by atoms with Crippen molar-refractivity contribution in [2.24, 2.45) is 0 Å². The highest BCUT2D eigenvalue weighted by Gasteiger charge is 2.13. The van der Waals surface area contributed by atoms with Crippen molar-refractivity contribution < 1.29 is 9.13 Å². The number of benzene rings is 2. The fourth-order valence-electron chi connectivity index (χ4n) is 1.88. The monoisotopic (exact) mass is 307 g/mol. The molecule has 0 aliphatic heterocycles. The molecule has 0 amide bonds. The first-order valence-electron chi connectivity index (χ1n) is 5.81. The Morgan fingerprint density at radius 3 is 2.55 bits per heavy atom. The summed E-state index contributed by atoms with van der Waals surface area (Å²) in [5, 5.41) is 1.71. The van der Waals surface area contributed by atoms with Gasteiger partial charge >= 0.3 is 0 Å². The SMILES string of the molecule is Fc1ccc(Oc2cncc3ccccc23)c(Cl)c1Cl. The van der Waals surface area contributed by atoms with E-state index < -0.39 is 5.82 Å². The van der Waals surface area contributed by atoms with Crippen molar-refractivity contribution >= 4 is 34.0 Å². The summed E-state index contributed by atoms with van der Waals surface area (Å²) >= 11 is 11.7. The van der Waals surface area contributed by atoms with Crippen LogP contribution in [0.2, 0.25) is 10.0 Å². The van der Waals surface area contributed by atoms with Crippen molar-refractivity contribution in [3.8, 4) is 11.5 Å². The second-order valence-electron chi connectivity index (χ2n) is 4.13. The van der Waals surface area contributed by atoms with E-state index in [1.165, 1.54) is 12.1 Å². The Hall–Kier alpha value is -1.84. The van der Waals surface area contributed by atoms with Gasteiger partial charge in [-0.2, -0.15) is 0 Å². The first-order valence-corrected chi connectivity index (χ1v) is 6.56. The summed E-state index contributed by atoms with van der Waals surface area (Å²) < 4.78 is 19.0. The molecule has 0 aliphatic rings. The van der Waals surface area contributed by atoms with Crippen molar-refractivity contribution in [3.05, 3.63) is 64.7 Å². The maximum atomic E-state index is 13.3. The quantitative estimate of drug-likeness (QED) is 0.585. The molecule has 0 aliphatic carbocycles. The van der Waals surface area contributed by atoms with Gasteiger partial charge in [0.2, 0.25) is 0 Å². The molecular formula is C15H8Cl2FNO. The topological polar surface area (TPSA) is 22.1 Å². The van der Waals surface area contributed by atoms with Crippen LogP contribution in [0.4, 0.5) is 4.39 Å². The predicted molar refractivity (Wildman–Crippen MR) is 78.2 cm³/mol. The number of ether oxygens (including phenoxy) is 1. The van der Waals surface area contributed by atoms with Crippen LogP contribution in [0.25, 0.3) is 10.8 Å². The normalized spacial score (nSPS) is 10.8. The van der Waals surface area contributed by atoms with Gasteiger partial charge in [0.05, 0.1) is 11.2 Å². The molecule has 100 valence electrons. The average Bonchev–Trinajstić information content (AvgIpc) is 2.48. The van der Waals surface area contributed by atoms with Gasteiger partial charge in [0.25, 0.3) is 0 Å². The number of fused-ring (bicyclic) bond motifs is 1. The Kier molecular flexibility index (Phi) is 3.47. The molecule has 0 saturated carbocycles. The standard InChI is InChI=1S/C15H8Cl2FNO/c16-14-11(18)5-6-12(15(14)17)20-13-8-19-7-9-3-1-2-4-10(9)13/h1-8H. The molecule has 0 radical (unpaired) electrons. The van der Waals surface area contributed by atoms with E-state index in [2.05, 4.69) is 4.98 Å². The summed E-state index contributed by atoms with van der Waals surface area (Å²) in [6.07, 6.45) is 3.32. The Morgan fingerprint density at radius 2 is 1.70 bits per heavy atom. The zero-order valence-electron chi connectivity index (χ0n) is 10.1. The molecule has 0 saturated heterocycles. The van der Waals surface area contributed by atoms with Gasteiger partial charge in [0.15, 0.2) is 5.75 Å². The molecule has 0 atom stereocenters. The Balaban J connectivity index is 2.08. The van der Waals surface area contributed by atoms with Gasteiger partial charge in [-0.3, -0.25) is 4.98 Å². The Bertz CT molecular complexity index is 787.